The molecule has 1 rings (SSSR count). The third kappa shape index (κ3) is 4.25. The maximum atomic E-state index is 13.3. The van der Waals surface area contributed by atoms with Crippen LogP contribution >= 0.6 is 0 Å². The van der Waals surface area contributed by atoms with Crippen LogP contribution in [0.25, 0.3) is 0 Å². The Bertz CT molecular complexity index is 457. The maximum absolute atomic E-state index is 13.3. The molecule has 0 aliphatic heterocycles. The van der Waals surface area contributed by atoms with Crippen molar-refractivity contribution in [1.82, 2.24) is 0 Å². The molecule has 0 spiro atoms. The molecule has 0 heterocycles. The van der Waals surface area contributed by atoms with Crippen molar-refractivity contribution < 1.29 is 19.0 Å². The van der Waals surface area contributed by atoms with Gasteiger partial charge in [0.1, 0.15) is 12.2 Å². The molecular weight excluding hydrogens is 223 g/mol. The number of carbonyl (C=O) groups is 1. The second-order valence-electron chi connectivity index (χ2n) is 3.26. The van der Waals surface area contributed by atoms with Crippen molar-refractivity contribution in [3.63, 3.8) is 0 Å². The monoisotopic (exact) mass is 236 g/mol. The van der Waals surface area contributed by atoms with Gasteiger partial charge in [-0.1, -0.05) is 17.9 Å². The minimum absolute atomic E-state index is 0.0728. The van der Waals surface area contributed by atoms with Gasteiger partial charge in [-0.15, -0.1) is 0 Å². The number of benzene rings is 1. The molecule has 0 unspecified atom stereocenters. The minimum Gasteiger partial charge on any atom is -0.465 e. The predicted octanol–water partition coefficient (Wildman–Crippen LogP) is 1.62. The molecule has 0 saturated carbocycles. The van der Waals surface area contributed by atoms with Crippen molar-refractivity contribution in [2.45, 2.75) is 20.0 Å². The Hall–Kier alpha value is -1.86. The molecule has 0 amide bonds. The van der Waals surface area contributed by atoms with Crippen LogP contribution in [0.1, 0.15) is 24.5 Å². The first kappa shape index (κ1) is 13.2. The van der Waals surface area contributed by atoms with E-state index in [1.807, 2.05) is 0 Å². The van der Waals surface area contributed by atoms with Crippen molar-refractivity contribution in [2.24, 2.45) is 0 Å². The zero-order valence-corrected chi connectivity index (χ0v) is 9.50. The lowest BCUT2D eigenvalue weighted by molar-refractivity contribution is -0.141. The van der Waals surface area contributed by atoms with Crippen LogP contribution in [0.5, 0.6) is 0 Å². The molecule has 0 saturated heterocycles. The smallest absolute Gasteiger partial charge is 0.317 e. The largest absolute Gasteiger partial charge is 0.465 e. The molecule has 1 aromatic carbocycles. The van der Waals surface area contributed by atoms with Crippen LogP contribution in [0.15, 0.2) is 18.2 Å². The van der Waals surface area contributed by atoms with E-state index in [2.05, 4.69) is 16.6 Å². The number of aliphatic hydroxyl groups is 1. The quantitative estimate of drug-likeness (QED) is 0.640. The van der Waals surface area contributed by atoms with E-state index in [0.29, 0.717) is 12.2 Å². The Morgan fingerprint density at radius 2 is 2.29 bits per heavy atom. The summed E-state index contributed by atoms with van der Waals surface area (Å²) in [5.74, 6) is 4.17. The van der Waals surface area contributed by atoms with Gasteiger partial charge in [0.05, 0.1) is 18.8 Å². The van der Waals surface area contributed by atoms with Crippen molar-refractivity contribution in [1.29, 1.82) is 0 Å². The second-order valence-corrected chi connectivity index (χ2v) is 3.26. The van der Waals surface area contributed by atoms with Gasteiger partial charge in [0, 0.05) is 0 Å². The van der Waals surface area contributed by atoms with Crippen LogP contribution in [-0.2, 0) is 16.1 Å². The normalized spacial score (nSPS) is 9.35. The first-order valence-electron chi connectivity index (χ1n) is 5.21. The van der Waals surface area contributed by atoms with Gasteiger partial charge in [-0.3, -0.25) is 4.79 Å². The van der Waals surface area contributed by atoms with Gasteiger partial charge < -0.3 is 9.84 Å². The molecule has 0 bridgehead atoms. The number of aliphatic hydroxyl groups excluding tert-OH is 1. The number of carbonyl (C=O) groups excluding carboxylic acids is 1. The summed E-state index contributed by atoms with van der Waals surface area (Å²) < 4.78 is 18.0. The van der Waals surface area contributed by atoms with Crippen LogP contribution in [0, 0.1) is 17.7 Å². The van der Waals surface area contributed by atoms with E-state index in [1.54, 1.807) is 6.92 Å². The highest BCUT2D eigenvalue weighted by molar-refractivity contribution is 5.72. The van der Waals surface area contributed by atoms with Crippen molar-refractivity contribution >= 4 is 5.97 Å². The SMILES string of the molecule is CCOC(=O)CC#Cc1cc(CO)ccc1F. The lowest BCUT2D eigenvalue weighted by atomic mass is 10.1. The van der Waals surface area contributed by atoms with Crippen molar-refractivity contribution in [2.75, 3.05) is 6.61 Å². The van der Waals surface area contributed by atoms with E-state index < -0.39 is 11.8 Å². The Kier molecular flexibility index (Phi) is 5.18. The van der Waals surface area contributed by atoms with Crippen molar-refractivity contribution in [3.05, 3.63) is 35.1 Å². The molecule has 90 valence electrons. The average Bonchev–Trinajstić information content (AvgIpc) is 2.32. The highest BCUT2D eigenvalue weighted by atomic mass is 19.1. The van der Waals surface area contributed by atoms with Crippen molar-refractivity contribution in [3.8, 4) is 11.8 Å². The molecule has 0 atom stereocenters. The number of esters is 1. The molecule has 17 heavy (non-hydrogen) atoms. The third-order valence-electron chi connectivity index (χ3n) is 1.97. The molecule has 0 radical (unpaired) electrons. The van der Waals surface area contributed by atoms with E-state index in [1.165, 1.54) is 18.2 Å². The molecule has 0 aliphatic carbocycles. The van der Waals surface area contributed by atoms with E-state index in [0.717, 1.165) is 0 Å². The lowest BCUT2D eigenvalue weighted by Crippen LogP contribution is -2.01. The summed E-state index contributed by atoms with van der Waals surface area (Å²) in [6, 6.07) is 4.17. The topological polar surface area (TPSA) is 46.5 Å². The molecule has 3 nitrogen and oxygen atoms in total. The number of halogens is 1. The average molecular weight is 236 g/mol. The van der Waals surface area contributed by atoms with Gasteiger partial charge in [-0.05, 0) is 24.6 Å². The van der Waals surface area contributed by atoms with Crippen LogP contribution in [-0.4, -0.2) is 17.7 Å². The number of hydrogen-bond acceptors (Lipinski definition) is 3. The Balaban J connectivity index is 2.74. The summed E-state index contributed by atoms with van der Waals surface area (Å²) in [4.78, 5) is 11.0. The van der Waals surface area contributed by atoms with Crippen LogP contribution in [0.3, 0.4) is 0 Å². The third-order valence-corrected chi connectivity index (χ3v) is 1.97. The molecule has 1 N–H and O–H groups in total. The standard InChI is InChI=1S/C13H13FO3/c1-2-17-13(16)5-3-4-11-8-10(9-15)6-7-12(11)14/h6-8,15H,2,5,9H2,1H3. The van der Waals surface area contributed by atoms with Crippen LogP contribution in [0.2, 0.25) is 0 Å². The van der Waals surface area contributed by atoms with Gasteiger partial charge >= 0.3 is 5.97 Å². The predicted molar refractivity (Wildman–Crippen MR) is 60.5 cm³/mol. The summed E-state index contributed by atoms with van der Waals surface area (Å²) in [6.45, 7) is 1.83. The summed E-state index contributed by atoms with van der Waals surface area (Å²) in [5, 5.41) is 8.89. The molecular formula is C13H13FO3. The summed E-state index contributed by atoms with van der Waals surface area (Å²) in [5.41, 5.74) is 0.743. The molecule has 0 aromatic heterocycles. The molecule has 4 heteroatoms. The van der Waals surface area contributed by atoms with E-state index in [9.17, 15) is 9.18 Å². The first-order chi connectivity index (χ1) is 8.17. The Morgan fingerprint density at radius 3 is 2.94 bits per heavy atom. The second kappa shape index (κ2) is 6.66. The molecule has 0 aliphatic rings. The molecule has 0 fully saturated rings. The number of rotatable bonds is 3. The van der Waals surface area contributed by atoms with E-state index in [4.69, 9.17) is 5.11 Å². The summed E-state index contributed by atoms with van der Waals surface area (Å²) in [6.07, 6.45) is -0.0728. The molecule has 1 aromatic rings. The zero-order valence-electron chi connectivity index (χ0n) is 9.50. The van der Waals surface area contributed by atoms with Gasteiger partial charge in [0.15, 0.2) is 0 Å². The van der Waals surface area contributed by atoms with E-state index >= 15 is 0 Å². The maximum Gasteiger partial charge on any atom is 0.317 e. The van der Waals surface area contributed by atoms with Gasteiger partial charge in [-0.2, -0.15) is 0 Å². The summed E-state index contributed by atoms with van der Waals surface area (Å²) in [7, 11) is 0. The van der Waals surface area contributed by atoms with Crippen LogP contribution < -0.4 is 0 Å². The van der Waals surface area contributed by atoms with Gasteiger partial charge in [0.25, 0.3) is 0 Å². The minimum atomic E-state index is -0.474. The fourth-order valence-electron chi connectivity index (χ4n) is 1.19. The fourth-order valence-corrected chi connectivity index (χ4v) is 1.19. The van der Waals surface area contributed by atoms with Crippen LogP contribution in [0.4, 0.5) is 4.39 Å². The number of hydrogen-bond donors (Lipinski definition) is 1. The van der Waals surface area contributed by atoms with E-state index in [-0.39, 0.29) is 18.6 Å². The summed E-state index contributed by atoms with van der Waals surface area (Å²) >= 11 is 0. The van der Waals surface area contributed by atoms with Gasteiger partial charge in [-0.25, -0.2) is 4.39 Å². The first-order valence-corrected chi connectivity index (χ1v) is 5.21. The highest BCUT2D eigenvalue weighted by Gasteiger charge is 2.01. The zero-order chi connectivity index (χ0) is 12.7. The number of ether oxygens (including phenoxy) is 1. The highest BCUT2D eigenvalue weighted by Crippen LogP contribution is 2.09. The fraction of sp³-hybridized carbons (Fsp3) is 0.308. The van der Waals surface area contributed by atoms with Gasteiger partial charge in [0.2, 0.25) is 0 Å². The lowest BCUT2D eigenvalue weighted by Gasteiger charge is -1.98. The Morgan fingerprint density at radius 1 is 1.53 bits per heavy atom. The Labute approximate surface area is 99.2 Å².